The van der Waals surface area contributed by atoms with Crippen molar-refractivity contribution in [3.63, 3.8) is 0 Å². The molecule has 0 atom stereocenters. The first-order chi connectivity index (χ1) is 14.9. The summed E-state index contributed by atoms with van der Waals surface area (Å²) < 4.78 is 1.86. The third-order valence-corrected chi connectivity index (χ3v) is 7.82. The monoisotopic (exact) mass is 420 g/mol. The number of rotatable bonds is 5. The van der Waals surface area contributed by atoms with Gasteiger partial charge < -0.3 is 0 Å². The average molecular weight is 421 g/mol. The van der Waals surface area contributed by atoms with Gasteiger partial charge in [0.15, 0.2) is 0 Å². The lowest BCUT2D eigenvalue weighted by Gasteiger charge is -2.56. The third kappa shape index (κ3) is 4.00. The number of aryl methyl sites for hydroxylation is 1. The Morgan fingerprint density at radius 3 is 2.16 bits per heavy atom. The summed E-state index contributed by atoms with van der Waals surface area (Å²) in [6, 6.07) is 9.90. The molecular weight excluding hydrogens is 388 g/mol. The zero-order valence-electron chi connectivity index (χ0n) is 18.5. The highest BCUT2D eigenvalue weighted by atomic mass is 16.2. The molecule has 1 aromatic heterocycles. The van der Waals surface area contributed by atoms with Crippen molar-refractivity contribution in [3.05, 3.63) is 47.3 Å². The van der Waals surface area contributed by atoms with Gasteiger partial charge in [0.1, 0.15) is 0 Å². The van der Waals surface area contributed by atoms with Crippen molar-refractivity contribution in [1.82, 2.24) is 20.6 Å². The number of nitrogens with one attached hydrogen (secondary N) is 2. The number of hydrazine groups is 1. The highest BCUT2D eigenvalue weighted by Crippen LogP contribution is 2.61. The lowest BCUT2D eigenvalue weighted by molar-refractivity contribution is -0.134. The quantitative estimate of drug-likeness (QED) is 0.723. The van der Waals surface area contributed by atoms with Gasteiger partial charge in [-0.3, -0.25) is 20.4 Å². The van der Waals surface area contributed by atoms with Crippen LogP contribution in [0.2, 0.25) is 0 Å². The second-order valence-corrected chi connectivity index (χ2v) is 10.3. The predicted molar refractivity (Wildman–Crippen MR) is 118 cm³/mol. The lowest BCUT2D eigenvalue weighted by atomic mass is 9.49. The summed E-state index contributed by atoms with van der Waals surface area (Å²) in [5.41, 5.74) is 9.15. The number of carbonyl (C=O) groups excluding carboxylic acids is 2. The molecule has 4 fully saturated rings. The van der Waals surface area contributed by atoms with E-state index in [1.54, 1.807) is 0 Å². The Morgan fingerprint density at radius 1 is 0.968 bits per heavy atom. The molecule has 2 aromatic rings. The first kappa shape index (κ1) is 20.3. The van der Waals surface area contributed by atoms with E-state index < -0.39 is 0 Å². The van der Waals surface area contributed by atoms with E-state index in [2.05, 4.69) is 16.0 Å². The molecule has 0 aliphatic heterocycles. The molecule has 6 heteroatoms. The first-order valence-electron chi connectivity index (χ1n) is 11.6. The number of carbonyl (C=O) groups is 2. The average Bonchev–Trinajstić information content (AvgIpc) is 3.00. The molecule has 0 saturated heterocycles. The predicted octanol–water partition coefficient (Wildman–Crippen LogP) is 3.79. The molecule has 2 N–H and O–H groups in total. The summed E-state index contributed by atoms with van der Waals surface area (Å²) in [5, 5.41) is 4.60. The minimum atomic E-state index is -0.210. The maximum absolute atomic E-state index is 12.7. The molecule has 1 heterocycles. The lowest BCUT2D eigenvalue weighted by Crippen LogP contribution is -2.50. The van der Waals surface area contributed by atoms with Crippen molar-refractivity contribution in [2.24, 2.45) is 23.2 Å². The van der Waals surface area contributed by atoms with Gasteiger partial charge in [0.05, 0.1) is 17.8 Å². The van der Waals surface area contributed by atoms with E-state index in [4.69, 9.17) is 0 Å². The van der Waals surface area contributed by atoms with Crippen molar-refractivity contribution >= 4 is 11.8 Å². The van der Waals surface area contributed by atoms with E-state index in [-0.39, 0.29) is 23.7 Å². The Balaban J connectivity index is 1.17. The number of hydrogen-bond donors (Lipinski definition) is 2. The fourth-order valence-corrected chi connectivity index (χ4v) is 6.99. The molecule has 0 spiro atoms. The van der Waals surface area contributed by atoms with Gasteiger partial charge in [0.25, 0.3) is 0 Å². The number of amides is 2. The smallest absolute Gasteiger partial charge is 0.242 e. The molecule has 6 nitrogen and oxygen atoms in total. The Bertz CT molecular complexity index is 959. The van der Waals surface area contributed by atoms with Crippen LogP contribution in [0.5, 0.6) is 0 Å². The Labute approximate surface area is 183 Å². The van der Waals surface area contributed by atoms with Gasteiger partial charge in [-0.15, -0.1) is 0 Å². The second kappa shape index (κ2) is 7.81. The van der Waals surface area contributed by atoms with Gasteiger partial charge in [-0.1, -0.05) is 18.2 Å². The number of benzene rings is 1. The van der Waals surface area contributed by atoms with Crippen LogP contribution in [-0.4, -0.2) is 21.6 Å². The van der Waals surface area contributed by atoms with Gasteiger partial charge in [-0.25, -0.2) is 4.68 Å². The fourth-order valence-electron chi connectivity index (χ4n) is 6.99. The minimum Gasteiger partial charge on any atom is -0.273 e. The molecule has 164 valence electrons. The SMILES string of the molecule is Cc1nn(-c2ccccc2)c(C)c1CC(=O)NNC(=O)CC12CC3CC(CC(C3)C1)C2. The van der Waals surface area contributed by atoms with Gasteiger partial charge in [-0.2, -0.15) is 5.10 Å². The van der Waals surface area contributed by atoms with Gasteiger partial charge >= 0.3 is 0 Å². The first-order valence-corrected chi connectivity index (χ1v) is 11.6. The maximum atomic E-state index is 12.7. The molecule has 6 rings (SSSR count). The van der Waals surface area contributed by atoms with Crippen molar-refractivity contribution in [2.75, 3.05) is 0 Å². The summed E-state index contributed by atoms with van der Waals surface area (Å²) >= 11 is 0. The van der Waals surface area contributed by atoms with Crippen LogP contribution in [0.3, 0.4) is 0 Å². The van der Waals surface area contributed by atoms with Crippen LogP contribution in [0.4, 0.5) is 0 Å². The van der Waals surface area contributed by atoms with Gasteiger partial charge in [0.2, 0.25) is 11.8 Å². The van der Waals surface area contributed by atoms with Crippen LogP contribution < -0.4 is 10.9 Å². The van der Waals surface area contributed by atoms with E-state index in [1.807, 2.05) is 48.9 Å². The Hall–Kier alpha value is -2.63. The number of aromatic nitrogens is 2. The minimum absolute atomic E-state index is 0.0521. The zero-order valence-corrected chi connectivity index (χ0v) is 18.5. The van der Waals surface area contributed by atoms with E-state index in [1.165, 1.54) is 38.5 Å². The molecule has 4 saturated carbocycles. The van der Waals surface area contributed by atoms with Crippen LogP contribution in [-0.2, 0) is 16.0 Å². The zero-order chi connectivity index (χ0) is 21.6. The van der Waals surface area contributed by atoms with Crippen LogP contribution in [0.15, 0.2) is 30.3 Å². The number of hydrogen-bond acceptors (Lipinski definition) is 3. The summed E-state index contributed by atoms with van der Waals surface area (Å²) in [6.07, 6.45) is 8.42. The molecular formula is C25H32N4O2. The topological polar surface area (TPSA) is 76.0 Å². The van der Waals surface area contributed by atoms with Crippen LogP contribution in [0.25, 0.3) is 5.69 Å². The van der Waals surface area contributed by atoms with E-state index in [9.17, 15) is 9.59 Å². The fraction of sp³-hybridized carbons (Fsp3) is 0.560. The standard InChI is InChI=1S/C25H32N4O2/c1-16-22(17(2)29(28-16)21-6-4-3-5-7-21)11-23(30)26-27-24(31)15-25-12-18-8-19(13-25)10-20(9-18)14-25/h3-7,18-20H,8-15H2,1-2H3,(H,26,30)(H,27,31). The molecule has 4 bridgehead atoms. The molecule has 2 amide bonds. The molecule has 4 aliphatic rings. The van der Waals surface area contributed by atoms with Crippen molar-refractivity contribution in [2.45, 2.75) is 65.2 Å². The third-order valence-electron chi connectivity index (χ3n) is 7.82. The van der Waals surface area contributed by atoms with Gasteiger partial charge in [-0.05, 0) is 87.7 Å². The summed E-state index contributed by atoms with van der Waals surface area (Å²) in [4.78, 5) is 25.2. The Morgan fingerprint density at radius 2 is 1.55 bits per heavy atom. The van der Waals surface area contributed by atoms with E-state index >= 15 is 0 Å². The normalized spacial score (nSPS) is 28.5. The maximum Gasteiger partial charge on any atom is 0.242 e. The molecule has 0 radical (unpaired) electrons. The summed E-state index contributed by atoms with van der Waals surface area (Å²) in [7, 11) is 0. The molecule has 0 unspecified atom stereocenters. The van der Waals surface area contributed by atoms with Crippen LogP contribution in [0, 0.1) is 37.0 Å². The Kier molecular flexibility index (Phi) is 5.11. The molecule has 31 heavy (non-hydrogen) atoms. The van der Waals surface area contributed by atoms with E-state index in [0.717, 1.165) is 40.4 Å². The van der Waals surface area contributed by atoms with E-state index in [0.29, 0.717) is 6.42 Å². The second-order valence-electron chi connectivity index (χ2n) is 10.3. The summed E-state index contributed by atoms with van der Waals surface area (Å²) in [6.45, 7) is 3.89. The van der Waals surface area contributed by atoms with Crippen molar-refractivity contribution in [3.8, 4) is 5.69 Å². The highest BCUT2D eigenvalue weighted by Gasteiger charge is 2.51. The molecule has 4 aliphatic carbocycles. The largest absolute Gasteiger partial charge is 0.273 e. The number of para-hydroxylation sites is 1. The van der Waals surface area contributed by atoms with Crippen molar-refractivity contribution in [1.29, 1.82) is 0 Å². The van der Waals surface area contributed by atoms with Gasteiger partial charge in [0, 0.05) is 17.7 Å². The summed E-state index contributed by atoms with van der Waals surface area (Å²) in [5.74, 6) is 2.20. The van der Waals surface area contributed by atoms with Crippen molar-refractivity contribution < 1.29 is 9.59 Å². The van der Waals surface area contributed by atoms with Crippen LogP contribution in [0.1, 0.15) is 61.9 Å². The number of nitrogens with zero attached hydrogens (tertiary/aromatic N) is 2. The van der Waals surface area contributed by atoms with Crippen LogP contribution >= 0.6 is 0 Å². The molecule has 1 aromatic carbocycles. The highest BCUT2D eigenvalue weighted by molar-refractivity contribution is 5.83.